The average molecular weight is 423 g/mol. The van der Waals surface area contributed by atoms with Crippen molar-refractivity contribution in [3.63, 3.8) is 0 Å². The fourth-order valence-electron chi connectivity index (χ4n) is 2.19. The predicted molar refractivity (Wildman–Crippen MR) is 93.6 cm³/mol. The van der Waals surface area contributed by atoms with Crippen LogP contribution in [0.2, 0.25) is 5.02 Å². The molecule has 0 aromatic heterocycles. The minimum atomic E-state index is -4.74. The third-order valence-corrected chi connectivity index (χ3v) is 5.19. The zero-order valence-electron chi connectivity index (χ0n) is 14.0. The van der Waals surface area contributed by atoms with E-state index in [-0.39, 0.29) is 21.2 Å². The lowest BCUT2D eigenvalue weighted by Crippen LogP contribution is -2.21. The predicted octanol–water partition coefficient (Wildman–Crippen LogP) is 3.53. The van der Waals surface area contributed by atoms with Crippen molar-refractivity contribution in [3.05, 3.63) is 52.5 Å². The van der Waals surface area contributed by atoms with Gasteiger partial charge in [-0.3, -0.25) is 4.79 Å². The number of anilines is 1. The maximum atomic E-state index is 13.1. The van der Waals surface area contributed by atoms with E-state index in [2.05, 4.69) is 10.0 Å². The summed E-state index contributed by atoms with van der Waals surface area (Å²) in [5, 5.41) is 1.97. The molecule has 2 N–H and O–H groups in total. The number of sulfonamides is 1. The Morgan fingerprint density at radius 2 is 1.81 bits per heavy atom. The molecule has 2 aromatic rings. The number of ether oxygens (including phenoxy) is 1. The summed E-state index contributed by atoms with van der Waals surface area (Å²) in [6, 6.07) is 6.35. The summed E-state index contributed by atoms with van der Waals surface area (Å²) in [6.07, 6.45) is -4.74. The van der Waals surface area contributed by atoms with Gasteiger partial charge in [-0.05, 0) is 43.4 Å². The lowest BCUT2D eigenvalue weighted by Gasteiger charge is -2.15. The van der Waals surface area contributed by atoms with Gasteiger partial charge in [0.15, 0.2) is 0 Å². The molecule has 0 aliphatic rings. The number of benzene rings is 2. The standard InChI is InChI=1S/C16H14ClF3N2O4S/c1-21-27(24,25)14-7-9(3-6-13(14)26-2)15(23)22-12-5-4-10(17)8-11(12)16(18,19)20/h3-8,21H,1-2H3,(H,22,23). The molecule has 11 heteroatoms. The van der Waals surface area contributed by atoms with Crippen molar-refractivity contribution >= 4 is 33.2 Å². The summed E-state index contributed by atoms with van der Waals surface area (Å²) in [6.45, 7) is 0. The second-order valence-electron chi connectivity index (χ2n) is 5.21. The zero-order chi connectivity index (χ0) is 20.4. The van der Waals surface area contributed by atoms with Crippen molar-refractivity contribution in [2.45, 2.75) is 11.1 Å². The number of methoxy groups -OCH3 is 1. The molecule has 2 rings (SSSR count). The summed E-state index contributed by atoms with van der Waals surface area (Å²) >= 11 is 5.60. The van der Waals surface area contributed by atoms with E-state index in [9.17, 15) is 26.4 Å². The van der Waals surface area contributed by atoms with Crippen molar-refractivity contribution in [3.8, 4) is 5.75 Å². The van der Waals surface area contributed by atoms with E-state index in [1.807, 2.05) is 0 Å². The van der Waals surface area contributed by atoms with Gasteiger partial charge in [-0.1, -0.05) is 11.6 Å². The molecular weight excluding hydrogens is 409 g/mol. The Bertz CT molecular complexity index is 978. The number of carbonyl (C=O) groups is 1. The van der Waals surface area contributed by atoms with E-state index >= 15 is 0 Å². The Morgan fingerprint density at radius 3 is 2.37 bits per heavy atom. The molecule has 0 saturated carbocycles. The summed E-state index contributed by atoms with van der Waals surface area (Å²) in [5.41, 5.74) is -1.81. The highest BCUT2D eigenvalue weighted by Gasteiger charge is 2.34. The van der Waals surface area contributed by atoms with Crippen molar-refractivity contribution in [2.75, 3.05) is 19.5 Å². The molecular formula is C16H14ClF3N2O4S. The van der Waals surface area contributed by atoms with Gasteiger partial charge in [0.25, 0.3) is 5.91 Å². The Morgan fingerprint density at radius 1 is 1.15 bits per heavy atom. The minimum absolute atomic E-state index is 0.0247. The third-order valence-electron chi connectivity index (χ3n) is 3.52. The molecule has 0 aliphatic carbocycles. The van der Waals surface area contributed by atoms with Crippen molar-refractivity contribution in [1.82, 2.24) is 4.72 Å². The molecule has 0 spiro atoms. The first-order valence-corrected chi connectivity index (χ1v) is 9.15. The number of nitrogens with one attached hydrogen (secondary N) is 2. The molecule has 6 nitrogen and oxygen atoms in total. The van der Waals surface area contributed by atoms with Crippen LogP contribution < -0.4 is 14.8 Å². The van der Waals surface area contributed by atoms with Crippen LogP contribution in [0.1, 0.15) is 15.9 Å². The number of rotatable bonds is 5. The smallest absolute Gasteiger partial charge is 0.418 e. The Kier molecular flexibility index (Phi) is 6.03. The lowest BCUT2D eigenvalue weighted by atomic mass is 10.1. The maximum Gasteiger partial charge on any atom is 0.418 e. The number of carbonyl (C=O) groups excluding carboxylic acids is 1. The molecule has 27 heavy (non-hydrogen) atoms. The Hall–Kier alpha value is -2.30. The van der Waals surface area contributed by atoms with Gasteiger partial charge in [-0.15, -0.1) is 0 Å². The molecule has 2 aromatic carbocycles. The van der Waals surface area contributed by atoms with Crippen molar-refractivity contribution in [2.24, 2.45) is 0 Å². The fourth-order valence-corrected chi connectivity index (χ4v) is 3.28. The quantitative estimate of drug-likeness (QED) is 0.772. The molecule has 0 bridgehead atoms. The van der Waals surface area contributed by atoms with Gasteiger partial charge in [0.2, 0.25) is 10.0 Å². The molecule has 0 heterocycles. The Labute approximate surface area is 158 Å². The van der Waals surface area contributed by atoms with Crippen LogP contribution in [-0.2, 0) is 16.2 Å². The summed E-state index contributed by atoms with van der Waals surface area (Å²) in [5.74, 6) is -0.957. The normalized spacial score (nSPS) is 11.9. The fraction of sp³-hybridized carbons (Fsp3) is 0.188. The van der Waals surface area contributed by atoms with Crippen LogP contribution in [0.5, 0.6) is 5.75 Å². The summed E-state index contributed by atoms with van der Waals surface area (Å²) < 4.78 is 70.5. The van der Waals surface area contributed by atoms with Gasteiger partial charge in [-0.2, -0.15) is 13.2 Å². The lowest BCUT2D eigenvalue weighted by molar-refractivity contribution is -0.136. The third kappa shape index (κ3) is 4.71. The largest absolute Gasteiger partial charge is 0.495 e. The highest BCUT2D eigenvalue weighted by Crippen LogP contribution is 2.36. The molecule has 0 radical (unpaired) electrons. The molecule has 0 unspecified atom stereocenters. The molecule has 0 aliphatic heterocycles. The highest BCUT2D eigenvalue weighted by molar-refractivity contribution is 7.89. The number of alkyl halides is 3. The molecule has 1 amide bonds. The van der Waals surface area contributed by atoms with Gasteiger partial charge in [-0.25, -0.2) is 13.1 Å². The van der Waals surface area contributed by atoms with Crippen LogP contribution in [0, 0.1) is 0 Å². The number of hydrogen-bond donors (Lipinski definition) is 2. The molecule has 0 saturated heterocycles. The average Bonchev–Trinajstić information content (AvgIpc) is 2.61. The summed E-state index contributed by atoms with van der Waals surface area (Å²) in [7, 11) is -1.54. The molecule has 0 fully saturated rings. The van der Waals surface area contributed by atoms with Gasteiger partial charge >= 0.3 is 6.18 Å². The van der Waals surface area contributed by atoms with Crippen LogP contribution in [0.25, 0.3) is 0 Å². The van der Waals surface area contributed by atoms with E-state index in [1.54, 1.807) is 0 Å². The second kappa shape index (κ2) is 7.75. The molecule has 0 atom stereocenters. The van der Waals surface area contributed by atoms with Crippen LogP contribution in [0.4, 0.5) is 18.9 Å². The van der Waals surface area contributed by atoms with E-state index in [0.717, 1.165) is 12.1 Å². The number of halogens is 4. The Balaban J connectivity index is 2.45. The van der Waals surface area contributed by atoms with E-state index in [1.165, 1.54) is 32.4 Å². The first kappa shape index (κ1) is 21.0. The topological polar surface area (TPSA) is 84.5 Å². The van der Waals surface area contributed by atoms with Gasteiger partial charge in [0.1, 0.15) is 10.6 Å². The van der Waals surface area contributed by atoms with E-state index in [0.29, 0.717) is 6.07 Å². The zero-order valence-corrected chi connectivity index (χ0v) is 15.6. The first-order chi connectivity index (χ1) is 12.5. The minimum Gasteiger partial charge on any atom is -0.495 e. The highest BCUT2D eigenvalue weighted by atomic mass is 35.5. The van der Waals surface area contributed by atoms with Gasteiger partial charge < -0.3 is 10.1 Å². The first-order valence-electron chi connectivity index (χ1n) is 7.29. The van der Waals surface area contributed by atoms with E-state index in [4.69, 9.17) is 16.3 Å². The van der Waals surface area contributed by atoms with Crippen LogP contribution in [0.15, 0.2) is 41.3 Å². The van der Waals surface area contributed by atoms with Crippen LogP contribution in [-0.4, -0.2) is 28.5 Å². The van der Waals surface area contributed by atoms with Gasteiger partial charge in [0, 0.05) is 10.6 Å². The second-order valence-corrected chi connectivity index (χ2v) is 7.51. The SMILES string of the molecule is CNS(=O)(=O)c1cc(C(=O)Nc2ccc(Cl)cc2C(F)(F)F)ccc1OC. The van der Waals surface area contributed by atoms with Crippen molar-refractivity contribution in [1.29, 1.82) is 0 Å². The van der Waals surface area contributed by atoms with Gasteiger partial charge in [0.05, 0.1) is 18.4 Å². The van der Waals surface area contributed by atoms with Crippen LogP contribution in [0.3, 0.4) is 0 Å². The monoisotopic (exact) mass is 422 g/mol. The van der Waals surface area contributed by atoms with Crippen LogP contribution >= 0.6 is 11.6 Å². The number of hydrogen-bond acceptors (Lipinski definition) is 4. The summed E-state index contributed by atoms with van der Waals surface area (Å²) in [4.78, 5) is 12.1. The maximum absolute atomic E-state index is 13.1. The van der Waals surface area contributed by atoms with Crippen molar-refractivity contribution < 1.29 is 31.1 Å². The number of amides is 1. The van der Waals surface area contributed by atoms with E-state index < -0.39 is 33.4 Å². The molecule has 146 valence electrons.